The summed E-state index contributed by atoms with van der Waals surface area (Å²) in [6.45, 7) is 2.34. The van der Waals surface area contributed by atoms with E-state index in [1.807, 2.05) is 4.90 Å². The van der Waals surface area contributed by atoms with Gasteiger partial charge in [-0.05, 0) is 30.3 Å². The predicted molar refractivity (Wildman–Crippen MR) is 134 cm³/mol. The van der Waals surface area contributed by atoms with Gasteiger partial charge >= 0.3 is 5.97 Å². The number of nitro benzene ring substituents is 1. The average molecular weight is 486 g/mol. The Labute approximate surface area is 205 Å². The number of hydrogen-bond acceptors (Lipinski definition) is 8. The van der Waals surface area contributed by atoms with Gasteiger partial charge < -0.3 is 14.4 Å². The molecule has 4 aromatic rings. The van der Waals surface area contributed by atoms with Crippen molar-refractivity contribution in [2.24, 2.45) is 0 Å². The van der Waals surface area contributed by atoms with Crippen molar-refractivity contribution in [2.45, 2.75) is 0 Å². The Kier molecular flexibility index (Phi) is 6.17. The predicted octanol–water partition coefficient (Wildman–Crippen LogP) is 3.58. The number of anilines is 1. The van der Waals surface area contributed by atoms with E-state index in [-0.39, 0.29) is 11.4 Å². The molecule has 10 nitrogen and oxygen atoms in total. The average Bonchev–Trinajstić information content (AvgIpc) is 2.93. The zero-order valence-electron chi connectivity index (χ0n) is 19.4. The third-order valence-corrected chi connectivity index (χ3v) is 6.12. The topological polar surface area (TPSA) is 117 Å². The summed E-state index contributed by atoms with van der Waals surface area (Å²) in [6.07, 6.45) is 0. The van der Waals surface area contributed by atoms with Crippen LogP contribution in [-0.2, 0) is 9.47 Å². The van der Waals surface area contributed by atoms with Crippen LogP contribution in [0.4, 0.5) is 11.4 Å². The highest BCUT2D eigenvalue weighted by Crippen LogP contribution is 2.31. The molecule has 0 atom stereocenters. The van der Waals surface area contributed by atoms with Gasteiger partial charge in [-0.1, -0.05) is 30.3 Å². The van der Waals surface area contributed by atoms with Gasteiger partial charge in [0.15, 0.2) is 0 Å². The van der Waals surface area contributed by atoms with Crippen molar-refractivity contribution < 1.29 is 19.2 Å². The minimum atomic E-state index is -0.528. The van der Waals surface area contributed by atoms with Crippen LogP contribution in [0.1, 0.15) is 10.4 Å². The highest BCUT2D eigenvalue weighted by molar-refractivity contribution is 5.96. The van der Waals surface area contributed by atoms with Gasteiger partial charge in [-0.25, -0.2) is 4.79 Å². The molecule has 1 aromatic heterocycles. The van der Waals surface area contributed by atoms with E-state index < -0.39 is 16.5 Å². The molecule has 0 amide bonds. The number of aromatic nitrogens is 2. The molecule has 3 aromatic carbocycles. The summed E-state index contributed by atoms with van der Waals surface area (Å²) < 4.78 is 11.3. The van der Waals surface area contributed by atoms with Gasteiger partial charge in [-0.3, -0.25) is 14.9 Å². The van der Waals surface area contributed by atoms with E-state index in [0.29, 0.717) is 53.9 Å². The smallest absolute Gasteiger partial charge is 0.337 e. The van der Waals surface area contributed by atoms with E-state index in [2.05, 4.69) is 5.10 Å². The summed E-state index contributed by atoms with van der Waals surface area (Å²) in [7, 11) is 1.30. The summed E-state index contributed by atoms with van der Waals surface area (Å²) in [5.41, 5.74) is 1.35. The second-order valence-corrected chi connectivity index (χ2v) is 8.21. The first-order chi connectivity index (χ1) is 17.5. The Bertz CT molecular complexity index is 1540. The maximum atomic E-state index is 13.6. The maximum Gasteiger partial charge on any atom is 0.337 e. The number of rotatable bonds is 5. The number of nitrogens with zero attached hydrogens (tertiary/aromatic N) is 4. The zero-order chi connectivity index (χ0) is 25.2. The molecule has 0 aliphatic carbocycles. The molecule has 0 bridgehead atoms. The van der Waals surface area contributed by atoms with Crippen molar-refractivity contribution in [3.8, 4) is 16.9 Å². The fourth-order valence-corrected chi connectivity index (χ4v) is 4.33. The lowest BCUT2D eigenvalue weighted by molar-refractivity contribution is -0.384. The maximum absolute atomic E-state index is 13.6. The van der Waals surface area contributed by atoms with Crippen LogP contribution in [0.15, 0.2) is 71.5 Å². The number of morpholine rings is 1. The zero-order valence-corrected chi connectivity index (χ0v) is 19.4. The Morgan fingerprint density at radius 2 is 1.78 bits per heavy atom. The molecule has 1 saturated heterocycles. The van der Waals surface area contributed by atoms with Gasteiger partial charge in [-0.2, -0.15) is 9.78 Å². The van der Waals surface area contributed by atoms with Crippen LogP contribution in [0.5, 0.6) is 0 Å². The van der Waals surface area contributed by atoms with Crippen LogP contribution in [0.25, 0.3) is 27.7 Å². The number of fused-ring (bicyclic) bond motifs is 1. The second kappa shape index (κ2) is 9.59. The summed E-state index contributed by atoms with van der Waals surface area (Å²) in [5, 5.41) is 17.5. The molecule has 5 rings (SSSR count). The third-order valence-electron chi connectivity index (χ3n) is 6.12. The van der Waals surface area contributed by atoms with Crippen molar-refractivity contribution in [2.75, 3.05) is 38.3 Å². The molecular weight excluding hydrogens is 464 g/mol. The fourth-order valence-electron chi connectivity index (χ4n) is 4.33. The van der Waals surface area contributed by atoms with Crippen LogP contribution in [-0.4, -0.2) is 54.1 Å². The lowest BCUT2D eigenvalue weighted by Gasteiger charge is -2.29. The molecule has 1 fully saturated rings. The normalized spacial score (nSPS) is 13.5. The van der Waals surface area contributed by atoms with Crippen molar-refractivity contribution in [3.05, 3.63) is 92.8 Å². The number of benzene rings is 3. The van der Waals surface area contributed by atoms with Gasteiger partial charge in [0.25, 0.3) is 11.2 Å². The fraction of sp³-hybridized carbons (Fsp3) is 0.192. The third kappa shape index (κ3) is 4.18. The largest absolute Gasteiger partial charge is 0.465 e. The molecule has 182 valence electrons. The minimum absolute atomic E-state index is 0.0603. The van der Waals surface area contributed by atoms with Crippen molar-refractivity contribution in [1.82, 2.24) is 9.78 Å². The van der Waals surface area contributed by atoms with Crippen LogP contribution >= 0.6 is 0 Å². The molecule has 1 aliphatic rings. The molecule has 36 heavy (non-hydrogen) atoms. The monoisotopic (exact) mass is 486 g/mol. The summed E-state index contributed by atoms with van der Waals surface area (Å²) >= 11 is 0. The van der Waals surface area contributed by atoms with E-state index >= 15 is 0 Å². The van der Waals surface area contributed by atoms with Gasteiger partial charge in [0, 0.05) is 35.8 Å². The number of carbonyl (C=O) groups excluding carboxylic acids is 1. The van der Waals surface area contributed by atoms with Gasteiger partial charge in [0.1, 0.15) is 5.69 Å². The summed E-state index contributed by atoms with van der Waals surface area (Å²) in [6, 6.07) is 18.3. The second-order valence-electron chi connectivity index (χ2n) is 8.21. The Hall–Kier alpha value is -4.57. The van der Waals surface area contributed by atoms with E-state index in [4.69, 9.17) is 9.47 Å². The van der Waals surface area contributed by atoms with Crippen LogP contribution in [0.2, 0.25) is 0 Å². The quantitative estimate of drug-likeness (QED) is 0.239. The lowest BCUT2D eigenvalue weighted by Crippen LogP contribution is -2.36. The van der Waals surface area contributed by atoms with Gasteiger partial charge in [0.05, 0.1) is 41.9 Å². The van der Waals surface area contributed by atoms with Gasteiger partial charge in [0.2, 0.25) is 0 Å². The number of esters is 1. The molecule has 0 spiro atoms. The summed E-state index contributed by atoms with van der Waals surface area (Å²) in [5.74, 6) is -0.511. The number of carbonyl (C=O) groups is 1. The Morgan fingerprint density at radius 1 is 1.03 bits per heavy atom. The summed E-state index contributed by atoms with van der Waals surface area (Å²) in [4.78, 5) is 39.1. The van der Waals surface area contributed by atoms with Crippen molar-refractivity contribution in [3.63, 3.8) is 0 Å². The standard InChI is InChI=1S/C26H22N4O6/c1-35-26(32)18-6-4-5-17(15-18)24-20-7-2-3-8-21(20)25(31)29(27-24)23-16-19(9-10-22(23)30(33)34)28-11-13-36-14-12-28/h2-10,15-16H,11-14H2,1H3. The first-order valence-corrected chi connectivity index (χ1v) is 11.3. The minimum Gasteiger partial charge on any atom is -0.465 e. The first kappa shape index (κ1) is 23.2. The molecule has 1 aliphatic heterocycles. The molecule has 0 N–H and O–H groups in total. The highest BCUT2D eigenvalue weighted by Gasteiger charge is 2.23. The number of ether oxygens (including phenoxy) is 2. The molecule has 10 heteroatoms. The van der Waals surface area contributed by atoms with Gasteiger partial charge in [-0.15, -0.1) is 0 Å². The van der Waals surface area contributed by atoms with E-state index in [9.17, 15) is 19.7 Å². The number of nitro groups is 1. The molecule has 2 heterocycles. The van der Waals surface area contributed by atoms with Crippen LogP contribution < -0.4 is 10.5 Å². The van der Waals surface area contributed by atoms with Crippen molar-refractivity contribution >= 4 is 28.1 Å². The number of hydrogen-bond donors (Lipinski definition) is 0. The highest BCUT2D eigenvalue weighted by atomic mass is 16.6. The molecule has 0 unspecified atom stereocenters. The Balaban J connectivity index is 1.77. The molecule has 0 radical (unpaired) electrons. The van der Waals surface area contributed by atoms with Crippen molar-refractivity contribution in [1.29, 1.82) is 0 Å². The first-order valence-electron chi connectivity index (χ1n) is 11.3. The van der Waals surface area contributed by atoms with Crippen LogP contribution in [0.3, 0.4) is 0 Å². The molecular formula is C26H22N4O6. The van der Waals surface area contributed by atoms with E-state index in [1.165, 1.54) is 13.2 Å². The number of methoxy groups -OCH3 is 1. The molecule has 0 saturated carbocycles. The van der Waals surface area contributed by atoms with E-state index in [0.717, 1.165) is 10.4 Å². The van der Waals surface area contributed by atoms with E-state index in [1.54, 1.807) is 60.7 Å². The Morgan fingerprint density at radius 3 is 2.50 bits per heavy atom. The SMILES string of the molecule is COC(=O)c1cccc(-c2nn(-c3cc(N4CCOCC4)ccc3[N+](=O)[O-])c(=O)c3ccccc23)c1. The lowest BCUT2D eigenvalue weighted by atomic mass is 10.0. The van der Waals surface area contributed by atoms with Crippen LogP contribution in [0, 0.1) is 10.1 Å².